The van der Waals surface area contributed by atoms with E-state index in [9.17, 15) is 17.6 Å². The van der Waals surface area contributed by atoms with Gasteiger partial charge in [-0.1, -0.05) is 6.07 Å². The predicted molar refractivity (Wildman–Crippen MR) is 86.2 cm³/mol. The molecule has 1 heterocycles. The highest BCUT2D eigenvalue weighted by Crippen LogP contribution is 2.30. The minimum Gasteiger partial charge on any atom is -0.491 e. The van der Waals surface area contributed by atoms with Crippen molar-refractivity contribution in [3.05, 3.63) is 24.3 Å². The van der Waals surface area contributed by atoms with Gasteiger partial charge in [-0.2, -0.15) is 0 Å². The van der Waals surface area contributed by atoms with E-state index < -0.39 is 27.2 Å². The maximum Gasteiger partial charge on any atom is 0.245 e. The molecule has 0 aliphatic carbocycles. The van der Waals surface area contributed by atoms with Crippen molar-refractivity contribution in [2.24, 2.45) is 0 Å². The average molecular weight is 344 g/mol. The van der Waals surface area contributed by atoms with E-state index in [0.29, 0.717) is 24.5 Å². The van der Waals surface area contributed by atoms with Gasteiger partial charge in [-0.05, 0) is 38.1 Å². The Morgan fingerprint density at radius 1 is 1.39 bits per heavy atom. The minimum atomic E-state index is -3.56. The van der Waals surface area contributed by atoms with Crippen LogP contribution in [-0.2, 0) is 14.6 Å². The molecule has 2 rings (SSSR count). The van der Waals surface area contributed by atoms with Gasteiger partial charge in [0.15, 0.2) is 14.6 Å². The number of ether oxygens (including phenoxy) is 1. The second kappa shape index (κ2) is 7.27. The maximum atomic E-state index is 12.6. The topological polar surface area (TPSA) is 84.5 Å². The van der Waals surface area contributed by atoms with Crippen LogP contribution in [0.1, 0.15) is 12.8 Å². The van der Waals surface area contributed by atoms with E-state index in [1.54, 1.807) is 24.3 Å². The van der Waals surface area contributed by atoms with Crippen LogP contribution in [-0.4, -0.2) is 51.7 Å². The molecule has 23 heavy (non-hydrogen) atoms. The van der Waals surface area contributed by atoms with Gasteiger partial charge in [0, 0.05) is 18.0 Å². The zero-order valence-corrected chi connectivity index (χ0v) is 13.8. The van der Waals surface area contributed by atoms with E-state index in [0.717, 1.165) is 6.26 Å². The van der Waals surface area contributed by atoms with E-state index in [4.69, 9.17) is 4.74 Å². The van der Waals surface area contributed by atoms with Crippen LogP contribution >= 0.6 is 0 Å². The fourth-order valence-corrected chi connectivity index (χ4v) is 4.00. The number of hydrogen-bond donors (Lipinski definition) is 2. The maximum absolute atomic E-state index is 12.6. The van der Waals surface area contributed by atoms with Crippen LogP contribution < -0.4 is 15.4 Å². The van der Waals surface area contributed by atoms with E-state index in [1.807, 2.05) is 0 Å². The van der Waals surface area contributed by atoms with Crippen molar-refractivity contribution in [2.45, 2.75) is 17.6 Å². The summed E-state index contributed by atoms with van der Waals surface area (Å²) in [6, 6.07) is 6.47. The number of nitrogens with one attached hydrogen (secondary N) is 2. The van der Waals surface area contributed by atoms with Gasteiger partial charge in [-0.15, -0.1) is 0 Å². The Bertz CT molecular complexity index is 657. The molecule has 1 amide bonds. The largest absolute Gasteiger partial charge is 0.491 e. The molecular weight excluding hydrogens is 323 g/mol. The fourth-order valence-electron chi connectivity index (χ4n) is 2.66. The number of rotatable bonds is 6. The lowest BCUT2D eigenvalue weighted by molar-refractivity contribution is -0.119. The summed E-state index contributed by atoms with van der Waals surface area (Å²) in [5.41, 5.74) is 0.424. The first-order valence-electron chi connectivity index (χ1n) is 7.40. The van der Waals surface area contributed by atoms with Gasteiger partial charge in [-0.25, -0.2) is 12.8 Å². The number of alkyl halides is 1. The number of anilines is 1. The summed E-state index contributed by atoms with van der Waals surface area (Å²) >= 11 is 0. The van der Waals surface area contributed by atoms with Crippen molar-refractivity contribution in [3.8, 4) is 5.75 Å². The first kappa shape index (κ1) is 17.7. The number of carbonyl (C=O) groups excluding carboxylic acids is 1. The van der Waals surface area contributed by atoms with E-state index in [2.05, 4.69) is 10.6 Å². The van der Waals surface area contributed by atoms with Crippen LogP contribution in [0.4, 0.5) is 10.1 Å². The third-order valence-corrected chi connectivity index (χ3v) is 5.99. The lowest BCUT2D eigenvalue weighted by Crippen LogP contribution is -2.55. The third kappa shape index (κ3) is 4.00. The molecule has 6 nitrogen and oxygen atoms in total. The van der Waals surface area contributed by atoms with E-state index in [-0.39, 0.29) is 19.4 Å². The van der Waals surface area contributed by atoms with Crippen LogP contribution in [0.5, 0.6) is 5.75 Å². The van der Waals surface area contributed by atoms with E-state index in [1.165, 1.54) is 0 Å². The van der Waals surface area contributed by atoms with Crippen molar-refractivity contribution in [1.82, 2.24) is 5.32 Å². The number of benzene rings is 1. The van der Waals surface area contributed by atoms with Crippen LogP contribution in [0.25, 0.3) is 0 Å². The summed E-state index contributed by atoms with van der Waals surface area (Å²) in [4.78, 5) is 12.6. The summed E-state index contributed by atoms with van der Waals surface area (Å²) in [5, 5.41) is 5.72. The molecule has 1 aliphatic rings. The summed E-state index contributed by atoms with van der Waals surface area (Å²) in [6.45, 7) is 0.261. The first-order chi connectivity index (χ1) is 10.9. The highest BCUT2D eigenvalue weighted by Gasteiger charge is 2.48. The molecule has 128 valence electrons. The summed E-state index contributed by atoms with van der Waals surface area (Å²) in [6.07, 6.45) is 1.56. The molecule has 0 unspecified atom stereocenters. The zero-order chi connectivity index (χ0) is 16.9. The Balaban J connectivity index is 2.19. The molecule has 0 aromatic heterocycles. The molecule has 2 N–H and O–H groups in total. The summed E-state index contributed by atoms with van der Waals surface area (Å²) in [7, 11) is -3.56. The van der Waals surface area contributed by atoms with Gasteiger partial charge in [0.25, 0.3) is 0 Å². The van der Waals surface area contributed by atoms with Gasteiger partial charge in [0.1, 0.15) is 19.0 Å². The number of halogens is 1. The molecule has 0 radical (unpaired) electrons. The molecule has 1 saturated heterocycles. The highest BCUT2D eigenvalue weighted by molar-refractivity contribution is 7.92. The normalized spacial score (nSPS) is 17.5. The molecule has 0 bridgehead atoms. The van der Waals surface area contributed by atoms with Crippen molar-refractivity contribution in [1.29, 1.82) is 0 Å². The fraction of sp³-hybridized carbons (Fsp3) is 0.533. The van der Waals surface area contributed by atoms with Crippen molar-refractivity contribution >= 4 is 21.4 Å². The Hall–Kier alpha value is -1.67. The SMILES string of the molecule is CS(=O)(=O)C1(C(=O)Nc2cccc(OCCF)c2)CCNCC1. The van der Waals surface area contributed by atoms with Crippen molar-refractivity contribution in [2.75, 3.05) is 37.9 Å². The van der Waals surface area contributed by atoms with Gasteiger partial charge in [0.2, 0.25) is 5.91 Å². The predicted octanol–water partition coefficient (Wildman–Crippen LogP) is 1.14. The molecule has 1 aromatic carbocycles. The van der Waals surface area contributed by atoms with Gasteiger partial charge >= 0.3 is 0 Å². The van der Waals surface area contributed by atoms with Crippen LogP contribution in [0.3, 0.4) is 0 Å². The summed E-state index contributed by atoms with van der Waals surface area (Å²) in [5.74, 6) is -0.122. The number of sulfone groups is 1. The molecule has 0 saturated carbocycles. The molecule has 8 heteroatoms. The van der Waals surface area contributed by atoms with Gasteiger partial charge in [-0.3, -0.25) is 4.79 Å². The van der Waals surface area contributed by atoms with Gasteiger partial charge in [0.05, 0.1) is 0 Å². The Labute approximate surface area is 135 Å². The first-order valence-corrected chi connectivity index (χ1v) is 9.29. The third-order valence-electron chi connectivity index (χ3n) is 3.97. The Kier molecular flexibility index (Phi) is 5.59. The number of hydrogen-bond acceptors (Lipinski definition) is 5. The average Bonchev–Trinajstić information content (AvgIpc) is 2.53. The lowest BCUT2D eigenvalue weighted by atomic mass is 9.95. The molecule has 0 spiro atoms. The van der Waals surface area contributed by atoms with Gasteiger partial charge < -0.3 is 15.4 Å². The van der Waals surface area contributed by atoms with Crippen molar-refractivity contribution in [3.63, 3.8) is 0 Å². The van der Waals surface area contributed by atoms with Crippen LogP contribution in [0, 0.1) is 0 Å². The standard InChI is InChI=1S/C15H21FN2O4S/c1-23(20,21)15(5-8-17-9-6-15)14(19)18-12-3-2-4-13(11-12)22-10-7-16/h2-4,11,17H,5-10H2,1H3,(H,18,19). The number of carbonyl (C=O) groups is 1. The Morgan fingerprint density at radius 3 is 2.70 bits per heavy atom. The molecule has 0 atom stereocenters. The minimum absolute atomic E-state index is 0.0731. The quantitative estimate of drug-likeness (QED) is 0.808. The second-order valence-corrected chi connectivity index (χ2v) is 7.86. The molecule has 1 aliphatic heterocycles. The number of amides is 1. The lowest BCUT2D eigenvalue weighted by Gasteiger charge is -2.34. The monoisotopic (exact) mass is 344 g/mol. The summed E-state index contributed by atoms with van der Waals surface area (Å²) < 4.78 is 40.3. The number of piperidine rings is 1. The smallest absolute Gasteiger partial charge is 0.245 e. The molecular formula is C15H21FN2O4S. The highest BCUT2D eigenvalue weighted by atomic mass is 32.2. The zero-order valence-electron chi connectivity index (χ0n) is 13.0. The van der Waals surface area contributed by atoms with Crippen molar-refractivity contribution < 1.29 is 22.3 Å². The molecule has 1 aromatic rings. The Morgan fingerprint density at radius 2 is 2.09 bits per heavy atom. The van der Waals surface area contributed by atoms with Crippen LogP contribution in [0.2, 0.25) is 0 Å². The van der Waals surface area contributed by atoms with E-state index >= 15 is 0 Å². The van der Waals surface area contributed by atoms with Crippen LogP contribution in [0.15, 0.2) is 24.3 Å². The molecule has 1 fully saturated rings. The second-order valence-electron chi connectivity index (χ2n) is 5.54.